The molecule has 1 amide bonds. The number of nitrogens with one attached hydrogen (secondary N) is 2. The van der Waals surface area contributed by atoms with E-state index < -0.39 is 10.0 Å². The predicted octanol–water partition coefficient (Wildman–Crippen LogP) is 0.449. The van der Waals surface area contributed by atoms with Crippen molar-refractivity contribution in [3.63, 3.8) is 0 Å². The Balaban J connectivity index is 1.67. The summed E-state index contributed by atoms with van der Waals surface area (Å²) in [5.74, 6) is 0.208. The number of likely N-dealkylation sites (tertiary alicyclic amines) is 1. The molecule has 21 heavy (non-hydrogen) atoms. The number of piperidine rings is 2. The Kier molecular flexibility index (Phi) is 6.01. The molecule has 2 rings (SSSR count). The van der Waals surface area contributed by atoms with Gasteiger partial charge in [-0.2, -0.15) is 0 Å². The second-order valence-corrected chi connectivity index (χ2v) is 8.01. The first-order valence-electron chi connectivity index (χ1n) is 7.92. The van der Waals surface area contributed by atoms with Gasteiger partial charge in [-0.25, -0.2) is 13.1 Å². The molecule has 2 aliphatic rings. The predicted molar refractivity (Wildman–Crippen MR) is 82.5 cm³/mol. The monoisotopic (exact) mass is 317 g/mol. The van der Waals surface area contributed by atoms with Crippen LogP contribution in [0.4, 0.5) is 0 Å². The van der Waals surface area contributed by atoms with Gasteiger partial charge in [0.15, 0.2) is 0 Å². The van der Waals surface area contributed by atoms with E-state index in [1.807, 2.05) is 4.90 Å². The molecule has 2 aliphatic heterocycles. The van der Waals surface area contributed by atoms with Crippen molar-refractivity contribution in [3.8, 4) is 0 Å². The molecule has 1 unspecified atom stereocenters. The number of carbonyl (C=O) groups excluding carboxylic acids is 1. The molecule has 0 saturated carbocycles. The summed E-state index contributed by atoms with van der Waals surface area (Å²) < 4.78 is 25.0. The van der Waals surface area contributed by atoms with E-state index in [0.29, 0.717) is 38.4 Å². The van der Waals surface area contributed by atoms with Crippen LogP contribution in [0.15, 0.2) is 0 Å². The molecule has 0 spiro atoms. The Bertz CT molecular complexity index is 438. The van der Waals surface area contributed by atoms with Crippen molar-refractivity contribution in [3.05, 3.63) is 0 Å². The lowest BCUT2D eigenvalue weighted by Gasteiger charge is -2.32. The molecule has 7 heteroatoms. The van der Waals surface area contributed by atoms with Gasteiger partial charge in [0.25, 0.3) is 0 Å². The summed E-state index contributed by atoms with van der Waals surface area (Å²) in [6, 6.07) is 0.469. The quantitative estimate of drug-likeness (QED) is 0.772. The second-order valence-electron chi connectivity index (χ2n) is 6.23. The average Bonchev–Trinajstić information content (AvgIpc) is 2.45. The fraction of sp³-hybridized carbons (Fsp3) is 0.929. The third-order valence-corrected chi connectivity index (χ3v) is 5.11. The largest absolute Gasteiger partial charge is 0.343 e. The van der Waals surface area contributed by atoms with Crippen LogP contribution in [0.5, 0.6) is 0 Å². The number of hydrogen-bond acceptors (Lipinski definition) is 4. The van der Waals surface area contributed by atoms with Gasteiger partial charge in [0.05, 0.1) is 6.26 Å². The first-order chi connectivity index (χ1) is 9.94. The summed E-state index contributed by atoms with van der Waals surface area (Å²) in [4.78, 5) is 14.1. The maximum absolute atomic E-state index is 12.2. The molecule has 1 atom stereocenters. The van der Waals surface area contributed by atoms with E-state index in [1.165, 1.54) is 25.5 Å². The second kappa shape index (κ2) is 7.56. The maximum atomic E-state index is 12.2. The van der Waals surface area contributed by atoms with Gasteiger partial charge < -0.3 is 10.2 Å². The SMILES string of the molecule is CS(=O)(=O)NC1CCN(C(=O)CCC2CCCCN2)CC1. The topological polar surface area (TPSA) is 78.5 Å². The summed E-state index contributed by atoms with van der Waals surface area (Å²) in [5.41, 5.74) is 0. The lowest BCUT2D eigenvalue weighted by molar-refractivity contribution is -0.132. The molecule has 2 N–H and O–H groups in total. The highest BCUT2D eigenvalue weighted by Gasteiger charge is 2.25. The van der Waals surface area contributed by atoms with Gasteiger partial charge in [-0.1, -0.05) is 6.42 Å². The van der Waals surface area contributed by atoms with Gasteiger partial charge in [-0.3, -0.25) is 4.79 Å². The minimum absolute atomic E-state index is 0.0240. The highest BCUT2D eigenvalue weighted by molar-refractivity contribution is 7.88. The Morgan fingerprint density at radius 1 is 1.24 bits per heavy atom. The molecular formula is C14H27N3O3S. The van der Waals surface area contributed by atoms with Crippen molar-refractivity contribution in [2.75, 3.05) is 25.9 Å². The summed E-state index contributed by atoms with van der Waals surface area (Å²) in [6.07, 6.45) is 7.79. The summed E-state index contributed by atoms with van der Waals surface area (Å²) in [6.45, 7) is 2.38. The van der Waals surface area contributed by atoms with E-state index in [-0.39, 0.29) is 11.9 Å². The van der Waals surface area contributed by atoms with Crippen molar-refractivity contribution in [2.24, 2.45) is 0 Å². The van der Waals surface area contributed by atoms with E-state index in [1.54, 1.807) is 0 Å². The molecule has 0 radical (unpaired) electrons. The standard InChI is InChI=1S/C14H27N3O3S/c1-21(19,20)16-13-7-10-17(11-8-13)14(18)6-5-12-4-2-3-9-15-12/h12-13,15-16H,2-11H2,1H3. The number of sulfonamides is 1. The fourth-order valence-corrected chi connectivity index (χ4v) is 4.02. The smallest absolute Gasteiger partial charge is 0.222 e. The Hall–Kier alpha value is -0.660. The molecule has 2 heterocycles. The number of carbonyl (C=O) groups is 1. The zero-order valence-electron chi connectivity index (χ0n) is 12.8. The van der Waals surface area contributed by atoms with Gasteiger partial charge in [-0.15, -0.1) is 0 Å². The molecular weight excluding hydrogens is 290 g/mol. The lowest BCUT2D eigenvalue weighted by Crippen LogP contribution is -2.46. The first kappa shape index (κ1) is 16.7. The number of hydrogen-bond donors (Lipinski definition) is 2. The molecule has 0 aromatic heterocycles. The maximum Gasteiger partial charge on any atom is 0.222 e. The van der Waals surface area contributed by atoms with E-state index >= 15 is 0 Å². The molecule has 2 saturated heterocycles. The molecule has 0 aliphatic carbocycles. The van der Waals surface area contributed by atoms with Crippen molar-refractivity contribution in [1.29, 1.82) is 0 Å². The molecule has 0 aromatic carbocycles. The summed E-state index contributed by atoms with van der Waals surface area (Å²) in [7, 11) is -3.15. The molecule has 2 fully saturated rings. The third-order valence-electron chi connectivity index (χ3n) is 4.35. The summed E-state index contributed by atoms with van der Waals surface area (Å²) >= 11 is 0. The Labute approximate surface area is 127 Å². The van der Waals surface area contributed by atoms with Gasteiger partial charge in [0, 0.05) is 31.6 Å². The van der Waals surface area contributed by atoms with Gasteiger partial charge in [0.1, 0.15) is 0 Å². The molecule has 0 aromatic rings. The van der Waals surface area contributed by atoms with Crippen LogP contribution in [0.2, 0.25) is 0 Å². The highest BCUT2D eigenvalue weighted by atomic mass is 32.2. The van der Waals surface area contributed by atoms with Crippen LogP contribution in [-0.2, 0) is 14.8 Å². The summed E-state index contributed by atoms with van der Waals surface area (Å²) in [5, 5.41) is 3.46. The number of amides is 1. The van der Waals surface area contributed by atoms with E-state index in [4.69, 9.17) is 0 Å². The van der Waals surface area contributed by atoms with Crippen LogP contribution in [0, 0.1) is 0 Å². The molecule has 0 bridgehead atoms. The van der Waals surface area contributed by atoms with Gasteiger partial charge >= 0.3 is 0 Å². The van der Waals surface area contributed by atoms with Crippen molar-refractivity contribution in [2.45, 2.75) is 57.0 Å². The average molecular weight is 317 g/mol. The zero-order valence-corrected chi connectivity index (χ0v) is 13.6. The van der Waals surface area contributed by atoms with Gasteiger partial charge in [0.2, 0.25) is 15.9 Å². The van der Waals surface area contributed by atoms with Crippen molar-refractivity contribution >= 4 is 15.9 Å². The van der Waals surface area contributed by atoms with E-state index in [0.717, 1.165) is 13.0 Å². The minimum Gasteiger partial charge on any atom is -0.343 e. The van der Waals surface area contributed by atoms with Crippen LogP contribution >= 0.6 is 0 Å². The fourth-order valence-electron chi connectivity index (χ4n) is 3.18. The van der Waals surface area contributed by atoms with E-state index in [9.17, 15) is 13.2 Å². The Morgan fingerprint density at radius 2 is 1.95 bits per heavy atom. The van der Waals surface area contributed by atoms with Gasteiger partial charge in [-0.05, 0) is 38.6 Å². The minimum atomic E-state index is -3.15. The highest BCUT2D eigenvalue weighted by Crippen LogP contribution is 2.16. The van der Waals surface area contributed by atoms with Crippen LogP contribution in [0.3, 0.4) is 0 Å². The van der Waals surface area contributed by atoms with Crippen LogP contribution < -0.4 is 10.0 Å². The van der Waals surface area contributed by atoms with Crippen LogP contribution in [-0.4, -0.2) is 57.2 Å². The van der Waals surface area contributed by atoms with Crippen LogP contribution in [0.1, 0.15) is 44.9 Å². The zero-order chi connectivity index (χ0) is 15.3. The molecule has 122 valence electrons. The van der Waals surface area contributed by atoms with E-state index in [2.05, 4.69) is 10.0 Å². The van der Waals surface area contributed by atoms with Crippen molar-refractivity contribution in [1.82, 2.24) is 14.9 Å². The van der Waals surface area contributed by atoms with Crippen molar-refractivity contribution < 1.29 is 13.2 Å². The normalized spacial score (nSPS) is 25.0. The third kappa shape index (κ3) is 5.92. The number of rotatable bonds is 5. The number of nitrogens with zero attached hydrogens (tertiary/aromatic N) is 1. The van der Waals surface area contributed by atoms with Crippen LogP contribution in [0.25, 0.3) is 0 Å². The first-order valence-corrected chi connectivity index (χ1v) is 9.81. The Morgan fingerprint density at radius 3 is 2.52 bits per heavy atom. The molecule has 6 nitrogen and oxygen atoms in total. The lowest BCUT2D eigenvalue weighted by atomic mass is 9.99.